The molecule has 28 heavy (non-hydrogen) atoms. The summed E-state index contributed by atoms with van der Waals surface area (Å²) in [7, 11) is 2.14. The summed E-state index contributed by atoms with van der Waals surface area (Å²) in [4.78, 5) is 9.52. The van der Waals surface area contributed by atoms with Crippen molar-refractivity contribution in [2.45, 2.75) is 57.8 Å². The number of fused-ring (bicyclic) bond motifs is 1. The van der Waals surface area contributed by atoms with E-state index in [2.05, 4.69) is 47.4 Å². The van der Waals surface area contributed by atoms with Crippen LogP contribution in [0.1, 0.15) is 43.5 Å². The van der Waals surface area contributed by atoms with Crippen molar-refractivity contribution >= 4 is 5.69 Å². The molecule has 4 heterocycles. The summed E-state index contributed by atoms with van der Waals surface area (Å²) in [6, 6.07) is 3.62. The van der Waals surface area contributed by atoms with Crippen LogP contribution in [-0.2, 0) is 13.0 Å². The summed E-state index contributed by atoms with van der Waals surface area (Å²) in [6.07, 6.45) is 3.26. The molecule has 0 radical (unpaired) electrons. The van der Waals surface area contributed by atoms with Crippen molar-refractivity contribution in [1.82, 2.24) is 20.5 Å². The predicted molar refractivity (Wildman–Crippen MR) is 110 cm³/mol. The number of pyridine rings is 1. The van der Waals surface area contributed by atoms with Crippen molar-refractivity contribution in [2.24, 2.45) is 0 Å². The molecule has 3 aliphatic heterocycles. The summed E-state index contributed by atoms with van der Waals surface area (Å²) in [5.74, 6) is 0.513. The lowest BCUT2D eigenvalue weighted by atomic mass is 9.98. The minimum Gasteiger partial charge on any atom is -0.475 e. The third-order valence-corrected chi connectivity index (χ3v) is 6.24. The van der Waals surface area contributed by atoms with Gasteiger partial charge in [0, 0.05) is 43.3 Å². The Balaban J connectivity index is 1.69. The molecule has 0 unspecified atom stereocenters. The lowest BCUT2D eigenvalue weighted by molar-refractivity contribution is 0.192. The van der Waals surface area contributed by atoms with E-state index in [1.807, 2.05) is 0 Å². The number of hydrogen-bond acceptors (Lipinski definition) is 7. The molecular weight excluding hydrogens is 352 g/mol. The Hall–Kier alpha value is -1.88. The Morgan fingerprint density at radius 3 is 2.75 bits per heavy atom. The number of hydrogen-bond donors (Lipinski definition) is 2. The Morgan fingerprint density at radius 1 is 1.29 bits per heavy atom. The molecule has 3 aliphatic rings. The number of piperazine rings is 1. The van der Waals surface area contributed by atoms with Gasteiger partial charge in [0.05, 0.1) is 11.4 Å². The zero-order valence-electron chi connectivity index (χ0n) is 17.3. The largest absolute Gasteiger partial charge is 0.475 e. The topological polar surface area (TPSA) is 76.5 Å². The molecule has 2 saturated heterocycles. The second-order valence-corrected chi connectivity index (χ2v) is 8.57. The van der Waals surface area contributed by atoms with Gasteiger partial charge in [-0.2, -0.15) is 5.26 Å². The number of likely N-dealkylation sites (tertiary alicyclic amines) is 1. The SMILES string of the molecule is C[C@@H]1CN(c2c(C#N)c(OC[C@@H]3CCCN3C)nc3c2CCNC3)C[C@H](C)N1. The molecule has 3 atom stereocenters. The van der Waals surface area contributed by atoms with E-state index >= 15 is 0 Å². The molecule has 0 aliphatic carbocycles. The summed E-state index contributed by atoms with van der Waals surface area (Å²) >= 11 is 0. The molecule has 0 spiro atoms. The maximum atomic E-state index is 10.1. The van der Waals surface area contributed by atoms with Gasteiger partial charge < -0.3 is 25.2 Å². The van der Waals surface area contributed by atoms with Gasteiger partial charge in [0.1, 0.15) is 18.2 Å². The standard InChI is InChI=1S/C21H32N6O/c1-14-11-27(12-15(2)24-14)20-17-6-7-23-10-19(17)25-21(18(20)9-22)28-13-16-5-4-8-26(16)3/h14-16,23-24H,4-8,10-13H2,1-3H3/t14-,15+,16-/m0/s1. The van der Waals surface area contributed by atoms with E-state index in [0.29, 0.717) is 36.2 Å². The van der Waals surface area contributed by atoms with Crippen LogP contribution in [0.2, 0.25) is 0 Å². The van der Waals surface area contributed by atoms with Crippen molar-refractivity contribution < 1.29 is 4.74 Å². The first kappa shape index (κ1) is 19.4. The van der Waals surface area contributed by atoms with E-state index in [-0.39, 0.29) is 0 Å². The van der Waals surface area contributed by atoms with Crippen LogP contribution in [0.5, 0.6) is 5.88 Å². The number of anilines is 1. The molecule has 4 rings (SSSR count). The first-order valence-corrected chi connectivity index (χ1v) is 10.6. The van der Waals surface area contributed by atoms with Crippen molar-refractivity contribution in [2.75, 3.05) is 44.7 Å². The van der Waals surface area contributed by atoms with Crippen molar-refractivity contribution in [3.05, 3.63) is 16.8 Å². The van der Waals surface area contributed by atoms with E-state index in [4.69, 9.17) is 9.72 Å². The van der Waals surface area contributed by atoms with Crippen molar-refractivity contribution in [3.8, 4) is 11.9 Å². The molecule has 1 aromatic heterocycles. The molecule has 0 aromatic carbocycles. The lowest BCUT2D eigenvalue weighted by Crippen LogP contribution is -2.55. The quantitative estimate of drug-likeness (QED) is 0.809. The van der Waals surface area contributed by atoms with Crippen LogP contribution < -0.4 is 20.3 Å². The van der Waals surface area contributed by atoms with Gasteiger partial charge in [0.25, 0.3) is 0 Å². The number of nitrogens with zero attached hydrogens (tertiary/aromatic N) is 4. The van der Waals surface area contributed by atoms with Gasteiger partial charge in [-0.05, 0) is 53.2 Å². The van der Waals surface area contributed by atoms with Gasteiger partial charge >= 0.3 is 0 Å². The van der Waals surface area contributed by atoms with Gasteiger partial charge in [0.15, 0.2) is 0 Å². The van der Waals surface area contributed by atoms with Crippen LogP contribution >= 0.6 is 0 Å². The van der Waals surface area contributed by atoms with Crippen LogP contribution in [0, 0.1) is 11.3 Å². The van der Waals surface area contributed by atoms with Gasteiger partial charge in [-0.15, -0.1) is 0 Å². The van der Waals surface area contributed by atoms with Crippen molar-refractivity contribution in [1.29, 1.82) is 5.26 Å². The number of likely N-dealkylation sites (N-methyl/N-ethyl adjacent to an activating group) is 1. The molecule has 7 heteroatoms. The second kappa shape index (κ2) is 8.24. The molecular formula is C21H32N6O. The zero-order valence-corrected chi connectivity index (χ0v) is 17.3. The number of nitrogens with one attached hydrogen (secondary N) is 2. The maximum Gasteiger partial charge on any atom is 0.234 e. The Labute approximate surface area is 168 Å². The van der Waals surface area contributed by atoms with Crippen LogP contribution in [0.4, 0.5) is 5.69 Å². The maximum absolute atomic E-state index is 10.1. The highest BCUT2D eigenvalue weighted by Gasteiger charge is 2.31. The Bertz CT molecular complexity index is 750. The molecule has 0 saturated carbocycles. The van der Waals surface area contributed by atoms with E-state index in [1.165, 1.54) is 12.0 Å². The third kappa shape index (κ3) is 3.82. The normalized spacial score (nSPS) is 28.1. The monoisotopic (exact) mass is 384 g/mol. The average Bonchev–Trinajstić information content (AvgIpc) is 3.09. The fraction of sp³-hybridized carbons (Fsp3) is 0.714. The van der Waals surface area contributed by atoms with Crippen LogP contribution in [0.25, 0.3) is 0 Å². The molecule has 1 aromatic rings. The molecule has 7 nitrogen and oxygen atoms in total. The molecule has 0 bridgehead atoms. The Morgan fingerprint density at radius 2 is 2.07 bits per heavy atom. The third-order valence-electron chi connectivity index (χ3n) is 6.24. The smallest absolute Gasteiger partial charge is 0.234 e. The zero-order chi connectivity index (χ0) is 19.7. The number of ether oxygens (including phenoxy) is 1. The highest BCUT2D eigenvalue weighted by atomic mass is 16.5. The molecule has 2 N–H and O–H groups in total. The number of nitriles is 1. The summed E-state index contributed by atoms with van der Waals surface area (Å²) in [6.45, 7) is 9.58. The highest BCUT2D eigenvalue weighted by Crippen LogP contribution is 2.36. The van der Waals surface area contributed by atoms with E-state index in [0.717, 1.165) is 56.9 Å². The summed E-state index contributed by atoms with van der Waals surface area (Å²) < 4.78 is 6.19. The summed E-state index contributed by atoms with van der Waals surface area (Å²) in [5.41, 5.74) is 3.93. The minimum absolute atomic E-state index is 0.386. The van der Waals surface area contributed by atoms with E-state index in [9.17, 15) is 5.26 Å². The van der Waals surface area contributed by atoms with E-state index in [1.54, 1.807) is 0 Å². The van der Waals surface area contributed by atoms with Crippen molar-refractivity contribution in [3.63, 3.8) is 0 Å². The number of rotatable bonds is 4. The van der Waals surface area contributed by atoms with Gasteiger partial charge in [-0.1, -0.05) is 0 Å². The number of aromatic nitrogens is 1. The molecule has 152 valence electrons. The Kier molecular flexibility index (Phi) is 5.72. The fourth-order valence-corrected chi connectivity index (χ4v) is 4.89. The van der Waals surface area contributed by atoms with Crippen LogP contribution in [0.3, 0.4) is 0 Å². The highest BCUT2D eigenvalue weighted by molar-refractivity contribution is 5.69. The predicted octanol–water partition coefficient (Wildman–Crippen LogP) is 1.26. The molecule has 0 amide bonds. The molecule has 2 fully saturated rings. The van der Waals surface area contributed by atoms with Crippen LogP contribution in [-0.4, -0.2) is 67.8 Å². The van der Waals surface area contributed by atoms with Gasteiger partial charge in [0.2, 0.25) is 5.88 Å². The van der Waals surface area contributed by atoms with Gasteiger partial charge in [-0.25, -0.2) is 4.98 Å². The second-order valence-electron chi connectivity index (χ2n) is 8.57. The van der Waals surface area contributed by atoms with Gasteiger partial charge in [-0.3, -0.25) is 0 Å². The summed E-state index contributed by atoms with van der Waals surface area (Å²) in [5, 5.41) is 17.1. The van der Waals surface area contributed by atoms with Crippen LogP contribution in [0.15, 0.2) is 0 Å². The average molecular weight is 385 g/mol. The lowest BCUT2D eigenvalue weighted by Gasteiger charge is -2.40. The fourth-order valence-electron chi connectivity index (χ4n) is 4.89. The first-order chi connectivity index (χ1) is 13.6. The van der Waals surface area contributed by atoms with E-state index < -0.39 is 0 Å². The first-order valence-electron chi connectivity index (χ1n) is 10.6. The minimum atomic E-state index is 0.386.